The molecule has 5 nitrogen and oxygen atoms in total. The molecule has 0 amide bonds. The minimum Gasteiger partial charge on any atom is -0.819 e. The number of carbonyl (C=O) groups excluding carboxylic acids is 1. The van der Waals surface area contributed by atoms with Gasteiger partial charge in [-0.1, -0.05) is 48.5 Å². The van der Waals surface area contributed by atoms with Crippen LogP contribution in [0.3, 0.4) is 0 Å². The molecule has 21 heavy (non-hydrogen) atoms. The fraction of sp³-hybridized carbons (Fsp3) is 0.188. The smallest absolute Gasteiger partial charge is 0.305 e. The summed E-state index contributed by atoms with van der Waals surface area (Å²) >= 11 is 0. The van der Waals surface area contributed by atoms with E-state index in [1.807, 2.05) is 0 Å². The van der Waals surface area contributed by atoms with E-state index in [-0.39, 0.29) is 0 Å². The van der Waals surface area contributed by atoms with E-state index < -0.39 is 17.5 Å². The van der Waals surface area contributed by atoms with E-state index in [9.17, 15) is 9.90 Å². The topological polar surface area (TPSA) is 67.8 Å². The summed E-state index contributed by atoms with van der Waals surface area (Å²) in [5, 5.41) is 13.1. The Labute approximate surface area is 120 Å². The van der Waals surface area contributed by atoms with Crippen molar-refractivity contribution < 1.29 is 24.4 Å². The van der Waals surface area contributed by atoms with Gasteiger partial charge in [-0.2, -0.15) is 4.89 Å². The third-order valence-electron chi connectivity index (χ3n) is 3.84. The number of ether oxygens (including phenoxy) is 1. The van der Waals surface area contributed by atoms with Crippen LogP contribution in [0.15, 0.2) is 48.5 Å². The predicted octanol–water partition coefficient (Wildman–Crippen LogP) is 1.29. The highest BCUT2D eigenvalue weighted by molar-refractivity contribution is 5.68. The summed E-state index contributed by atoms with van der Waals surface area (Å²) in [4.78, 5) is 21.9. The number of benzene rings is 2. The van der Waals surface area contributed by atoms with Crippen molar-refractivity contribution in [3.8, 4) is 0 Å². The van der Waals surface area contributed by atoms with Gasteiger partial charge >= 0.3 is 5.97 Å². The second-order valence-corrected chi connectivity index (χ2v) is 5.08. The normalized spacial score (nSPS) is 28.7. The summed E-state index contributed by atoms with van der Waals surface area (Å²) in [5.74, 6) is -4.00. The van der Waals surface area contributed by atoms with Crippen molar-refractivity contribution in [2.75, 3.05) is 0 Å². The Morgan fingerprint density at radius 3 is 1.90 bits per heavy atom. The molecule has 2 heterocycles. The van der Waals surface area contributed by atoms with Crippen LogP contribution in [0.4, 0.5) is 0 Å². The van der Waals surface area contributed by atoms with Gasteiger partial charge < -0.3 is 9.84 Å². The molecule has 0 saturated carbocycles. The third kappa shape index (κ3) is 1.43. The quantitative estimate of drug-likeness (QED) is 0.582. The van der Waals surface area contributed by atoms with E-state index in [4.69, 9.17) is 14.5 Å². The summed E-state index contributed by atoms with van der Waals surface area (Å²) < 4.78 is 5.44. The molecular weight excluding hydrogens is 272 g/mol. The standard InChI is InChI=1S/C16H11O5/c1-10(17)19-16-13-8-4-2-6-11(13)15(18,20-21-16)12-7-3-5-9-14(12)16/h2-9H,1H3/q-1. The number of hydrogen-bond donors (Lipinski definition) is 0. The second-order valence-electron chi connectivity index (χ2n) is 5.08. The monoisotopic (exact) mass is 283 g/mol. The van der Waals surface area contributed by atoms with Crippen molar-refractivity contribution in [2.45, 2.75) is 18.5 Å². The number of fused-ring (bicyclic) bond motifs is 1. The van der Waals surface area contributed by atoms with E-state index in [1.54, 1.807) is 48.5 Å². The molecule has 0 unspecified atom stereocenters. The number of hydrogen-bond acceptors (Lipinski definition) is 5. The minimum atomic E-state index is -1.95. The van der Waals surface area contributed by atoms with E-state index in [1.165, 1.54) is 6.92 Å². The van der Waals surface area contributed by atoms with Crippen LogP contribution < -0.4 is 5.11 Å². The summed E-state index contributed by atoms with van der Waals surface area (Å²) in [5.41, 5.74) is 1.80. The summed E-state index contributed by atoms with van der Waals surface area (Å²) in [7, 11) is 0. The average Bonchev–Trinajstić information content (AvgIpc) is 2.50. The SMILES string of the molecule is CC(=O)OC12OOC([O-])(c3ccccc31)c1ccccc12. The maximum atomic E-state index is 13.1. The molecule has 0 fully saturated rings. The first-order chi connectivity index (χ1) is 10.1. The van der Waals surface area contributed by atoms with Gasteiger partial charge in [0.15, 0.2) is 0 Å². The summed E-state index contributed by atoms with van der Waals surface area (Å²) in [6.07, 6.45) is 0. The van der Waals surface area contributed by atoms with Gasteiger partial charge in [0.05, 0.1) is 5.79 Å². The van der Waals surface area contributed by atoms with Gasteiger partial charge in [0.2, 0.25) is 0 Å². The second kappa shape index (κ2) is 3.92. The van der Waals surface area contributed by atoms with Crippen LogP contribution >= 0.6 is 0 Å². The lowest BCUT2D eigenvalue weighted by Gasteiger charge is -2.55. The largest absolute Gasteiger partial charge is 0.819 e. The molecule has 0 aromatic heterocycles. The Morgan fingerprint density at radius 1 is 0.952 bits per heavy atom. The highest BCUT2D eigenvalue weighted by atomic mass is 17.3. The summed E-state index contributed by atoms with van der Waals surface area (Å²) in [6.45, 7) is 1.29. The van der Waals surface area contributed by atoms with Crippen molar-refractivity contribution in [1.29, 1.82) is 0 Å². The van der Waals surface area contributed by atoms with Crippen LogP contribution in [0.25, 0.3) is 0 Å². The third-order valence-corrected chi connectivity index (χ3v) is 3.84. The molecule has 5 heteroatoms. The summed E-state index contributed by atoms with van der Waals surface area (Å²) in [6, 6.07) is 13.8. The molecule has 5 rings (SSSR count). The lowest BCUT2D eigenvalue weighted by atomic mass is 9.76. The molecule has 2 bridgehead atoms. The van der Waals surface area contributed by atoms with Crippen LogP contribution in [-0.4, -0.2) is 5.97 Å². The Bertz CT molecular complexity index is 704. The maximum Gasteiger partial charge on any atom is 0.305 e. The van der Waals surface area contributed by atoms with E-state index >= 15 is 0 Å². The minimum absolute atomic E-state index is 0.399. The number of esters is 1. The number of rotatable bonds is 1. The van der Waals surface area contributed by atoms with Gasteiger partial charge in [-0.3, -0.25) is 4.79 Å². The lowest BCUT2D eigenvalue weighted by molar-refractivity contribution is -0.651. The molecule has 2 aliphatic heterocycles. The van der Waals surface area contributed by atoms with Crippen molar-refractivity contribution >= 4 is 5.97 Å². The molecule has 0 radical (unpaired) electrons. The fourth-order valence-corrected chi connectivity index (χ4v) is 3.03. The van der Waals surface area contributed by atoms with Gasteiger partial charge in [-0.25, -0.2) is 4.89 Å². The Kier molecular flexibility index (Phi) is 2.34. The van der Waals surface area contributed by atoms with Crippen LogP contribution in [0.2, 0.25) is 0 Å². The van der Waals surface area contributed by atoms with Gasteiger partial charge in [0.1, 0.15) is 0 Å². The van der Waals surface area contributed by atoms with E-state index in [2.05, 4.69) is 0 Å². The van der Waals surface area contributed by atoms with Crippen LogP contribution in [0.5, 0.6) is 0 Å². The zero-order chi connectivity index (χ0) is 14.7. The Morgan fingerprint density at radius 2 is 1.43 bits per heavy atom. The fourth-order valence-electron chi connectivity index (χ4n) is 3.03. The van der Waals surface area contributed by atoms with Gasteiger partial charge in [0, 0.05) is 18.1 Å². The van der Waals surface area contributed by atoms with Crippen molar-refractivity contribution in [1.82, 2.24) is 0 Å². The Balaban J connectivity index is 2.09. The molecular formula is C16H11O5-. The highest BCUT2D eigenvalue weighted by Crippen LogP contribution is 2.54. The first-order valence-electron chi connectivity index (χ1n) is 6.55. The van der Waals surface area contributed by atoms with Gasteiger partial charge in [0.25, 0.3) is 5.79 Å². The van der Waals surface area contributed by atoms with Gasteiger partial charge in [-0.15, -0.1) is 0 Å². The maximum absolute atomic E-state index is 13.1. The zero-order valence-electron chi connectivity index (χ0n) is 11.2. The van der Waals surface area contributed by atoms with Crippen molar-refractivity contribution in [2.24, 2.45) is 0 Å². The predicted molar refractivity (Wildman–Crippen MR) is 68.4 cm³/mol. The van der Waals surface area contributed by atoms with Gasteiger partial charge in [-0.05, 0) is 11.1 Å². The first-order valence-corrected chi connectivity index (χ1v) is 6.55. The zero-order valence-corrected chi connectivity index (χ0v) is 11.2. The van der Waals surface area contributed by atoms with Crippen molar-refractivity contribution in [3.63, 3.8) is 0 Å². The van der Waals surface area contributed by atoms with Crippen molar-refractivity contribution in [3.05, 3.63) is 70.8 Å². The molecule has 106 valence electrons. The molecule has 2 aromatic rings. The Hall–Kier alpha value is -2.21. The van der Waals surface area contributed by atoms with Crippen LogP contribution in [-0.2, 0) is 30.9 Å². The lowest BCUT2D eigenvalue weighted by Crippen LogP contribution is -2.59. The highest BCUT2D eigenvalue weighted by Gasteiger charge is 2.56. The molecule has 2 aromatic carbocycles. The van der Waals surface area contributed by atoms with E-state index in [0.29, 0.717) is 22.3 Å². The molecule has 1 aliphatic carbocycles. The molecule has 0 N–H and O–H groups in total. The van der Waals surface area contributed by atoms with E-state index in [0.717, 1.165) is 0 Å². The van der Waals surface area contributed by atoms with Crippen LogP contribution in [0.1, 0.15) is 29.2 Å². The number of carbonyl (C=O) groups is 1. The molecule has 3 aliphatic rings. The first kappa shape index (κ1) is 12.5. The average molecular weight is 283 g/mol. The molecule has 0 atom stereocenters. The van der Waals surface area contributed by atoms with Crippen LogP contribution in [0, 0.1) is 0 Å². The molecule has 0 saturated heterocycles. The molecule has 0 spiro atoms.